The van der Waals surface area contributed by atoms with E-state index < -0.39 is 0 Å². The maximum atomic E-state index is 5.63. The molecule has 1 rings (SSSR count). The van der Waals surface area contributed by atoms with Crippen LogP contribution in [0.2, 0.25) is 0 Å². The number of halogens is 1. The molecule has 0 aliphatic rings. The second-order valence-corrected chi connectivity index (χ2v) is 3.57. The summed E-state index contributed by atoms with van der Waals surface area (Å²) in [6.45, 7) is 0. The molecule has 12 heavy (non-hydrogen) atoms. The molecule has 0 saturated heterocycles. The third-order valence-electron chi connectivity index (χ3n) is 1.31. The van der Waals surface area contributed by atoms with Gasteiger partial charge in [-0.2, -0.15) is 0 Å². The number of hydrogen-bond acceptors (Lipinski definition) is 1. The van der Waals surface area contributed by atoms with E-state index in [-0.39, 0.29) is 0 Å². The molecule has 0 heterocycles. The van der Waals surface area contributed by atoms with Crippen LogP contribution in [0.1, 0.15) is 0 Å². The maximum Gasteiger partial charge on any atom is 0.0313 e. The Bertz CT molecular complexity index is 249. The molecule has 0 radical (unpaired) electrons. The van der Waals surface area contributed by atoms with Crippen LogP contribution in [0.4, 0.5) is 5.69 Å². The highest BCUT2D eigenvalue weighted by atomic mass is 127. The first-order chi connectivity index (χ1) is 5.79. The molecule has 0 spiro atoms. The molecule has 62 valence electrons. The smallest absolute Gasteiger partial charge is 0.0313 e. The van der Waals surface area contributed by atoms with Crippen molar-refractivity contribution in [1.82, 2.24) is 0 Å². The van der Waals surface area contributed by atoms with E-state index >= 15 is 0 Å². The first-order valence-corrected chi connectivity index (χ1v) is 4.71. The Morgan fingerprint density at radius 1 is 0.833 bits per heavy atom. The normalized spacial score (nSPS) is 8.75. The number of anilines is 1. The van der Waals surface area contributed by atoms with Crippen molar-refractivity contribution in [3.05, 3.63) is 52.1 Å². The Kier molecular flexibility index (Phi) is 3.87. The van der Waals surface area contributed by atoms with Crippen molar-refractivity contribution >= 4 is 28.3 Å². The molecule has 0 aromatic heterocycles. The van der Waals surface area contributed by atoms with Gasteiger partial charge in [-0.15, -0.1) is 0 Å². The van der Waals surface area contributed by atoms with Crippen LogP contribution in [-0.4, -0.2) is 0 Å². The first-order valence-electron chi connectivity index (χ1n) is 3.63. The molecule has 1 aromatic rings. The number of nitrogens with two attached hydrogens (primary N) is 1. The standard InChI is InChI=1S/C10H10IN/c11-9-5-1-3-7-10(12)8-4-2-6-9/h1-8H,12H2. The lowest BCUT2D eigenvalue weighted by Crippen LogP contribution is -1.78. The van der Waals surface area contributed by atoms with E-state index in [0.717, 1.165) is 5.69 Å². The quantitative estimate of drug-likeness (QED) is 0.721. The molecule has 2 heteroatoms. The van der Waals surface area contributed by atoms with Gasteiger partial charge in [0.25, 0.3) is 0 Å². The summed E-state index contributed by atoms with van der Waals surface area (Å²) in [5.74, 6) is 0. The second kappa shape index (κ2) is 4.98. The van der Waals surface area contributed by atoms with Gasteiger partial charge in [-0.3, -0.25) is 0 Å². The van der Waals surface area contributed by atoms with Gasteiger partial charge in [-0.25, -0.2) is 0 Å². The third kappa shape index (κ3) is 3.57. The summed E-state index contributed by atoms with van der Waals surface area (Å²) in [5, 5.41) is 0. The van der Waals surface area contributed by atoms with Gasteiger partial charge < -0.3 is 5.73 Å². The van der Waals surface area contributed by atoms with E-state index in [9.17, 15) is 0 Å². The van der Waals surface area contributed by atoms with Crippen LogP contribution >= 0.6 is 22.6 Å². The van der Waals surface area contributed by atoms with Gasteiger partial charge in [0.15, 0.2) is 0 Å². The molecule has 0 unspecified atom stereocenters. The Morgan fingerprint density at radius 3 is 1.75 bits per heavy atom. The van der Waals surface area contributed by atoms with Gasteiger partial charge in [0.05, 0.1) is 0 Å². The fourth-order valence-electron chi connectivity index (χ4n) is 0.739. The largest absolute Gasteiger partial charge is 0.399 e. The Morgan fingerprint density at radius 2 is 1.25 bits per heavy atom. The van der Waals surface area contributed by atoms with Crippen LogP contribution in [0.25, 0.3) is 0 Å². The molecule has 0 atom stereocenters. The van der Waals surface area contributed by atoms with Gasteiger partial charge in [-0.05, 0) is 46.9 Å². The summed E-state index contributed by atoms with van der Waals surface area (Å²) in [6.07, 6.45) is 0. The summed E-state index contributed by atoms with van der Waals surface area (Å²) < 4.78 is 1.20. The van der Waals surface area contributed by atoms with Crippen LogP contribution in [0, 0.1) is 3.57 Å². The van der Waals surface area contributed by atoms with Gasteiger partial charge in [-0.1, -0.05) is 24.3 Å². The Hall–Kier alpha value is -0.770. The van der Waals surface area contributed by atoms with Crippen molar-refractivity contribution in [2.75, 3.05) is 5.73 Å². The first kappa shape index (κ1) is 9.32. The zero-order valence-electron chi connectivity index (χ0n) is 6.57. The number of rotatable bonds is 0. The van der Waals surface area contributed by atoms with Gasteiger partial charge in [0, 0.05) is 9.26 Å². The second-order valence-electron chi connectivity index (χ2n) is 2.32. The van der Waals surface area contributed by atoms with E-state index in [4.69, 9.17) is 5.73 Å². The lowest BCUT2D eigenvalue weighted by Gasteiger charge is -1.83. The van der Waals surface area contributed by atoms with Gasteiger partial charge >= 0.3 is 0 Å². The minimum absolute atomic E-state index is 0.765. The average molecular weight is 271 g/mol. The van der Waals surface area contributed by atoms with E-state index in [2.05, 4.69) is 22.6 Å². The monoisotopic (exact) mass is 271 g/mol. The topological polar surface area (TPSA) is 26.0 Å². The fraction of sp³-hybridized carbons (Fsp3) is 0. The molecule has 0 amide bonds. The summed E-state index contributed by atoms with van der Waals surface area (Å²) >= 11 is 2.27. The predicted molar refractivity (Wildman–Crippen MR) is 61.2 cm³/mol. The SMILES string of the molecule is Nc1ccccc(I)cccc1. The van der Waals surface area contributed by atoms with Crippen molar-refractivity contribution < 1.29 is 0 Å². The summed E-state index contributed by atoms with van der Waals surface area (Å²) in [5.41, 5.74) is 6.39. The molecule has 1 nitrogen and oxygen atoms in total. The van der Waals surface area contributed by atoms with E-state index in [1.807, 2.05) is 48.5 Å². The highest BCUT2D eigenvalue weighted by Gasteiger charge is 1.75. The van der Waals surface area contributed by atoms with Crippen molar-refractivity contribution in [2.24, 2.45) is 0 Å². The molecule has 0 saturated carbocycles. The summed E-state index contributed by atoms with van der Waals surface area (Å²) in [6, 6.07) is 15.6. The average Bonchev–Trinajstić information content (AvgIpc) is 2.06. The third-order valence-corrected chi connectivity index (χ3v) is 2.03. The van der Waals surface area contributed by atoms with Crippen LogP contribution in [-0.2, 0) is 0 Å². The minimum Gasteiger partial charge on any atom is -0.399 e. The predicted octanol–water partition coefficient (Wildman–Crippen LogP) is 3.00. The van der Waals surface area contributed by atoms with Crippen LogP contribution < -0.4 is 5.73 Å². The molecule has 1 aromatic carbocycles. The summed E-state index contributed by atoms with van der Waals surface area (Å²) in [7, 11) is 0. The maximum absolute atomic E-state index is 5.63. The Balaban J connectivity index is 3.18. The van der Waals surface area contributed by atoms with Crippen LogP contribution in [0.5, 0.6) is 0 Å². The number of hydrogen-bond donors (Lipinski definition) is 1. The molecular formula is C10H10IN. The highest BCUT2D eigenvalue weighted by molar-refractivity contribution is 14.1. The Labute approximate surface area is 86.1 Å². The molecule has 0 fully saturated rings. The van der Waals surface area contributed by atoms with E-state index in [1.165, 1.54) is 3.57 Å². The summed E-state index contributed by atoms with van der Waals surface area (Å²) in [4.78, 5) is 0. The number of nitrogen functional groups attached to an aromatic ring is 1. The lowest BCUT2D eigenvalue weighted by molar-refractivity contribution is 1.66. The van der Waals surface area contributed by atoms with E-state index in [0.29, 0.717) is 0 Å². The van der Waals surface area contributed by atoms with E-state index in [1.54, 1.807) is 0 Å². The highest BCUT2D eigenvalue weighted by Crippen LogP contribution is 2.00. The minimum atomic E-state index is 0.765. The molecule has 0 bridgehead atoms. The van der Waals surface area contributed by atoms with Gasteiger partial charge in [0.1, 0.15) is 0 Å². The van der Waals surface area contributed by atoms with Gasteiger partial charge in [0.2, 0.25) is 0 Å². The fourth-order valence-corrected chi connectivity index (χ4v) is 1.15. The zero-order valence-corrected chi connectivity index (χ0v) is 8.73. The molecule has 2 N–H and O–H groups in total. The lowest BCUT2D eigenvalue weighted by atomic mass is 10.3. The molecular weight excluding hydrogens is 261 g/mol. The zero-order chi connectivity index (χ0) is 8.81. The molecule has 0 aliphatic carbocycles. The van der Waals surface area contributed by atoms with Crippen molar-refractivity contribution in [3.8, 4) is 0 Å². The van der Waals surface area contributed by atoms with Crippen molar-refractivity contribution in [3.63, 3.8) is 0 Å². The van der Waals surface area contributed by atoms with Crippen molar-refractivity contribution in [2.45, 2.75) is 0 Å². The van der Waals surface area contributed by atoms with Crippen LogP contribution in [0.3, 0.4) is 0 Å². The van der Waals surface area contributed by atoms with Crippen molar-refractivity contribution in [1.29, 1.82) is 0 Å². The molecule has 0 aliphatic heterocycles. The van der Waals surface area contributed by atoms with Crippen LogP contribution in [0.15, 0.2) is 48.5 Å².